The SMILES string of the molecule is COc1cccc(C2CN(C(=O)OC(C)(C)C)CCN2)c1OC. The van der Waals surface area contributed by atoms with E-state index in [1.807, 2.05) is 39.0 Å². The summed E-state index contributed by atoms with van der Waals surface area (Å²) in [6.07, 6.45) is -0.286. The summed E-state index contributed by atoms with van der Waals surface area (Å²) in [5, 5.41) is 3.42. The maximum atomic E-state index is 12.3. The van der Waals surface area contributed by atoms with Crippen LogP contribution in [0.4, 0.5) is 4.79 Å². The molecular formula is C17H26N2O4. The molecule has 6 heteroatoms. The van der Waals surface area contributed by atoms with E-state index in [0.717, 1.165) is 5.56 Å². The van der Waals surface area contributed by atoms with Crippen molar-refractivity contribution in [2.45, 2.75) is 32.4 Å². The van der Waals surface area contributed by atoms with Crippen molar-refractivity contribution in [2.24, 2.45) is 0 Å². The summed E-state index contributed by atoms with van der Waals surface area (Å²) in [6.45, 7) is 7.46. The Labute approximate surface area is 137 Å². The first-order chi connectivity index (χ1) is 10.9. The largest absolute Gasteiger partial charge is 0.493 e. The molecule has 1 atom stereocenters. The van der Waals surface area contributed by atoms with Crippen LogP contribution >= 0.6 is 0 Å². The summed E-state index contributed by atoms with van der Waals surface area (Å²) in [5.74, 6) is 1.37. The smallest absolute Gasteiger partial charge is 0.410 e. The average Bonchev–Trinajstić information content (AvgIpc) is 2.52. The second-order valence-corrected chi connectivity index (χ2v) is 6.52. The van der Waals surface area contributed by atoms with Crippen LogP contribution in [-0.4, -0.2) is 50.4 Å². The molecule has 1 aromatic carbocycles. The van der Waals surface area contributed by atoms with E-state index in [1.54, 1.807) is 19.1 Å². The van der Waals surface area contributed by atoms with Crippen LogP contribution in [0.15, 0.2) is 18.2 Å². The second-order valence-electron chi connectivity index (χ2n) is 6.52. The van der Waals surface area contributed by atoms with Gasteiger partial charge in [-0.05, 0) is 26.8 Å². The second kappa shape index (κ2) is 7.08. The minimum atomic E-state index is -0.495. The molecule has 1 aromatic rings. The topological polar surface area (TPSA) is 60.0 Å². The molecule has 23 heavy (non-hydrogen) atoms. The van der Waals surface area contributed by atoms with Crippen molar-refractivity contribution < 1.29 is 19.0 Å². The van der Waals surface area contributed by atoms with Gasteiger partial charge in [-0.3, -0.25) is 0 Å². The zero-order chi connectivity index (χ0) is 17.0. The fourth-order valence-corrected chi connectivity index (χ4v) is 2.64. The summed E-state index contributed by atoms with van der Waals surface area (Å²) in [5.41, 5.74) is 0.477. The van der Waals surface area contributed by atoms with E-state index < -0.39 is 5.60 Å². The van der Waals surface area contributed by atoms with Gasteiger partial charge in [-0.25, -0.2) is 4.79 Å². The van der Waals surface area contributed by atoms with E-state index in [4.69, 9.17) is 14.2 Å². The minimum Gasteiger partial charge on any atom is -0.493 e. The number of hydrogen-bond donors (Lipinski definition) is 1. The molecule has 128 valence electrons. The van der Waals surface area contributed by atoms with E-state index >= 15 is 0 Å². The maximum absolute atomic E-state index is 12.3. The van der Waals surface area contributed by atoms with Gasteiger partial charge < -0.3 is 24.4 Å². The van der Waals surface area contributed by atoms with Gasteiger partial charge >= 0.3 is 6.09 Å². The monoisotopic (exact) mass is 322 g/mol. The van der Waals surface area contributed by atoms with Gasteiger partial charge in [0, 0.05) is 25.2 Å². The Hall–Kier alpha value is -1.95. The molecule has 1 fully saturated rings. The van der Waals surface area contributed by atoms with Gasteiger partial charge in [-0.2, -0.15) is 0 Å². The third-order valence-corrected chi connectivity index (χ3v) is 3.64. The number of ether oxygens (including phenoxy) is 3. The Morgan fingerprint density at radius 2 is 2.00 bits per heavy atom. The standard InChI is InChI=1S/C17H26N2O4/c1-17(2,3)23-16(20)19-10-9-18-13(11-19)12-7-6-8-14(21-4)15(12)22-5/h6-8,13,18H,9-11H2,1-5H3. The molecule has 1 aliphatic rings. The molecule has 1 aliphatic heterocycles. The molecule has 1 amide bonds. The molecule has 1 saturated heterocycles. The van der Waals surface area contributed by atoms with E-state index in [0.29, 0.717) is 31.1 Å². The first-order valence-electron chi connectivity index (χ1n) is 7.78. The Kier molecular flexibility index (Phi) is 5.36. The van der Waals surface area contributed by atoms with Crippen LogP contribution in [0.25, 0.3) is 0 Å². The Morgan fingerprint density at radius 1 is 1.26 bits per heavy atom. The highest BCUT2D eigenvalue weighted by molar-refractivity contribution is 5.68. The molecule has 1 heterocycles. The molecule has 0 bridgehead atoms. The summed E-state index contributed by atoms with van der Waals surface area (Å²) in [6, 6.07) is 5.74. The highest BCUT2D eigenvalue weighted by atomic mass is 16.6. The van der Waals surface area contributed by atoms with Gasteiger partial charge in [0.1, 0.15) is 5.60 Å². The average molecular weight is 322 g/mol. The van der Waals surface area contributed by atoms with Crippen molar-refractivity contribution >= 4 is 6.09 Å². The number of methoxy groups -OCH3 is 2. The third kappa shape index (κ3) is 4.28. The minimum absolute atomic E-state index is 0.0266. The van der Waals surface area contributed by atoms with Crippen molar-refractivity contribution in [1.29, 1.82) is 0 Å². The van der Waals surface area contributed by atoms with E-state index in [-0.39, 0.29) is 12.1 Å². The fraction of sp³-hybridized carbons (Fsp3) is 0.588. The van der Waals surface area contributed by atoms with Crippen molar-refractivity contribution in [3.63, 3.8) is 0 Å². The molecule has 0 radical (unpaired) electrons. The molecule has 0 saturated carbocycles. The summed E-state index contributed by atoms with van der Waals surface area (Å²) in [7, 11) is 3.23. The van der Waals surface area contributed by atoms with Gasteiger partial charge in [0.15, 0.2) is 11.5 Å². The predicted molar refractivity (Wildman–Crippen MR) is 88.1 cm³/mol. The molecule has 0 spiro atoms. The van der Waals surface area contributed by atoms with Gasteiger partial charge in [0.2, 0.25) is 0 Å². The van der Waals surface area contributed by atoms with Gasteiger partial charge in [-0.1, -0.05) is 12.1 Å². The Morgan fingerprint density at radius 3 is 2.61 bits per heavy atom. The van der Waals surface area contributed by atoms with E-state index in [2.05, 4.69) is 5.32 Å². The normalized spacial score (nSPS) is 18.5. The maximum Gasteiger partial charge on any atom is 0.410 e. The zero-order valence-electron chi connectivity index (χ0n) is 14.5. The number of carbonyl (C=O) groups is 1. The van der Waals surface area contributed by atoms with E-state index in [1.165, 1.54) is 0 Å². The Bertz CT molecular complexity index is 554. The van der Waals surface area contributed by atoms with Crippen LogP contribution in [0, 0.1) is 0 Å². The van der Waals surface area contributed by atoms with Crippen LogP contribution in [0.5, 0.6) is 11.5 Å². The lowest BCUT2D eigenvalue weighted by molar-refractivity contribution is 0.0194. The van der Waals surface area contributed by atoms with Gasteiger partial charge in [-0.15, -0.1) is 0 Å². The molecule has 0 aromatic heterocycles. The highest BCUT2D eigenvalue weighted by Gasteiger charge is 2.30. The van der Waals surface area contributed by atoms with Crippen LogP contribution in [0.3, 0.4) is 0 Å². The number of piperazine rings is 1. The lowest BCUT2D eigenvalue weighted by Gasteiger charge is -2.35. The third-order valence-electron chi connectivity index (χ3n) is 3.64. The number of nitrogens with one attached hydrogen (secondary N) is 1. The van der Waals surface area contributed by atoms with Crippen molar-refractivity contribution in [1.82, 2.24) is 10.2 Å². The number of amides is 1. The zero-order valence-corrected chi connectivity index (χ0v) is 14.5. The Balaban J connectivity index is 2.17. The highest BCUT2D eigenvalue weighted by Crippen LogP contribution is 2.35. The number of hydrogen-bond acceptors (Lipinski definition) is 5. The number of carbonyl (C=O) groups excluding carboxylic acids is 1. The fourth-order valence-electron chi connectivity index (χ4n) is 2.64. The molecular weight excluding hydrogens is 296 g/mol. The van der Waals surface area contributed by atoms with Crippen molar-refractivity contribution in [3.05, 3.63) is 23.8 Å². The van der Waals surface area contributed by atoms with Crippen LogP contribution < -0.4 is 14.8 Å². The first-order valence-corrected chi connectivity index (χ1v) is 7.78. The number of para-hydroxylation sites is 1. The molecule has 1 N–H and O–H groups in total. The lowest BCUT2D eigenvalue weighted by atomic mass is 10.0. The van der Waals surface area contributed by atoms with Crippen molar-refractivity contribution in [2.75, 3.05) is 33.9 Å². The quantitative estimate of drug-likeness (QED) is 0.927. The molecule has 2 rings (SSSR count). The predicted octanol–water partition coefficient (Wildman–Crippen LogP) is 2.59. The molecule has 6 nitrogen and oxygen atoms in total. The molecule has 1 unspecified atom stereocenters. The summed E-state index contributed by atoms with van der Waals surface area (Å²) < 4.78 is 16.3. The lowest BCUT2D eigenvalue weighted by Crippen LogP contribution is -2.49. The molecule has 0 aliphatic carbocycles. The summed E-state index contributed by atoms with van der Waals surface area (Å²) >= 11 is 0. The van der Waals surface area contributed by atoms with Gasteiger partial charge in [0.25, 0.3) is 0 Å². The van der Waals surface area contributed by atoms with Crippen LogP contribution in [0.1, 0.15) is 32.4 Å². The van der Waals surface area contributed by atoms with E-state index in [9.17, 15) is 4.79 Å². The van der Waals surface area contributed by atoms with Crippen LogP contribution in [-0.2, 0) is 4.74 Å². The first kappa shape index (κ1) is 17.4. The van der Waals surface area contributed by atoms with Crippen molar-refractivity contribution in [3.8, 4) is 11.5 Å². The number of nitrogens with zero attached hydrogens (tertiary/aromatic N) is 1. The summed E-state index contributed by atoms with van der Waals surface area (Å²) in [4.78, 5) is 14.0. The number of benzene rings is 1. The van der Waals surface area contributed by atoms with Crippen LogP contribution in [0.2, 0.25) is 0 Å². The number of rotatable bonds is 3. The van der Waals surface area contributed by atoms with Gasteiger partial charge in [0.05, 0.1) is 20.3 Å².